The molecule has 0 saturated carbocycles. The number of hydrogen-bond acceptors (Lipinski definition) is 3. The van der Waals surface area contributed by atoms with E-state index in [0.717, 1.165) is 25.8 Å². The predicted octanol–water partition coefficient (Wildman–Crippen LogP) is 1.88. The fourth-order valence-corrected chi connectivity index (χ4v) is 2.25. The molecule has 1 aromatic rings. The van der Waals surface area contributed by atoms with Crippen molar-refractivity contribution in [3.8, 4) is 0 Å². The van der Waals surface area contributed by atoms with Crippen LogP contribution in [0, 0.1) is 0 Å². The van der Waals surface area contributed by atoms with Crippen molar-refractivity contribution in [2.45, 2.75) is 38.6 Å². The third-order valence-electron chi connectivity index (χ3n) is 3.14. The van der Waals surface area contributed by atoms with Crippen molar-refractivity contribution in [1.29, 1.82) is 0 Å². The smallest absolute Gasteiger partial charge is 0.274 e. The zero-order valence-corrected chi connectivity index (χ0v) is 9.59. The van der Waals surface area contributed by atoms with Gasteiger partial charge in [0.25, 0.3) is 5.91 Å². The van der Waals surface area contributed by atoms with Gasteiger partial charge in [-0.05, 0) is 25.7 Å². The maximum atomic E-state index is 12.2. The molecular formula is C12H17N3O. The van der Waals surface area contributed by atoms with Crippen LogP contribution >= 0.6 is 0 Å². The molecule has 1 saturated heterocycles. The maximum absolute atomic E-state index is 12.2. The quantitative estimate of drug-likeness (QED) is 0.763. The van der Waals surface area contributed by atoms with Crippen LogP contribution in [0.2, 0.25) is 0 Å². The number of nitrogens with zero attached hydrogens (tertiary/aromatic N) is 3. The van der Waals surface area contributed by atoms with E-state index in [4.69, 9.17) is 0 Å². The SMILES string of the molecule is CC[C@@H]1CCCCN1C(=O)c1cnccn1. The van der Waals surface area contributed by atoms with Gasteiger partial charge in [0.2, 0.25) is 0 Å². The zero-order chi connectivity index (χ0) is 11.4. The minimum absolute atomic E-state index is 0.0275. The van der Waals surface area contributed by atoms with Crippen molar-refractivity contribution in [3.63, 3.8) is 0 Å². The maximum Gasteiger partial charge on any atom is 0.274 e. The first-order valence-corrected chi connectivity index (χ1v) is 5.90. The average Bonchev–Trinajstić information content (AvgIpc) is 2.39. The molecule has 0 unspecified atom stereocenters. The first-order valence-electron chi connectivity index (χ1n) is 5.90. The summed E-state index contributed by atoms with van der Waals surface area (Å²) in [7, 11) is 0. The van der Waals surface area contributed by atoms with Crippen molar-refractivity contribution < 1.29 is 4.79 Å². The Bertz CT molecular complexity index is 353. The summed E-state index contributed by atoms with van der Waals surface area (Å²) in [5.41, 5.74) is 0.461. The van der Waals surface area contributed by atoms with E-state index >= 15 is 0 Å². The van der Waals surface area contributed by atoms with Crippen LogP contribution in [0.15, 0.2) is 18.6 Å². The van der Waals surface area contributed by atoms with Gasteiger partial charge in [0.15, 0.2) is 0 Å². The van der Waals surface area contributed by atoms with Gasteiger partial charge in [0.1, 0.15) is 5.69 Å². The molecule has 2 heterocycles. The van der Waals surface area contributed by atoms with Crippen molar-refractivity contribution in [2.75, 3.05) is 6.54 Å². The summed E-state index contributed by atoms with van der Waals surface area (Å²) in [6, 6.07) is 0.378. The Balaban J connectivity index is 2.14. The first-order chi connectivity index (χ1) is 7.83. The Kier molecular flexibility index (Phi) is 3.49. The lowest BCUT2D eigenvalue weighted by molar-refractivity contribution is 0.0601. The van der Waals surface area contributed by atoms with Crippen LogP contribution in [-0.2, 0) is 0 Å². The van der Waals surface area contributed by atoms with Crippen LogP contribution in [0.5, 0.6) is 0 Å². The van der Waals surface area contributed by atoms with Crippen LogP contribution in [0.4, 0.5) is 0 Å². The minimum Gasteiger partial charge on any atom is -0.334 e. The first kappa shape index (κ1) is 11.0. The lowest BCUT2D eigenvalue weighted by Crippen LogP contribution is -2.43. The molecule has 1 fully saturated rings. The van der Waals surface area contributed by atoms with E-state index in [-0.39, 0.29) is 5.91 Å². The van der Waals surface area contributed by atoms with Crippen molar-refractivity contribution >= 4 is 5.91 Å². The Hall–Kier alpha value is -1.45. The number of likely N-dealkylation sites (tertiary alicyclic amines) is 1. The summed E-state index contributed by atoms with van der Waals surface area (Å²) in [5.74, 6) is 0.0275. The van der Waals surface area contributed by atoms with Crippen LogP contribution in [0.25, 0.3) is 0 Å². The number of rotatable bonds is 2. The number of piperidine rings is 1. The van der Waals surface area contributed by atoms with Crippen LogP contribution in [0.1, 0.15) is 43.1 Å². The number of amides is 1. The Morgan fingerprint density at radius 2 is 2.38 bits per heavy atom. The van der Waals surface area contributed by atoms with Crippen molar-refractivity contribution in [1.82, 2.24) is 14.9 Å². The van der Waals surface area contributed by atoms with Gasteiger partial charge in [-0.15, -0.1) is 0 Å². The molecular weight excluding hydrogens is 202 g/mol. The van der Waals surface area contributed by atoms with Crippen LogP contribution < -0.4 is 0 Å². The molecule has 0 spiro atoms. The summed E-state index contributed by atoms with van der Waals surface area (Å²) in [5, 5.41) is 0. The summed E-state index contributed by atoms with van der Waals surface area (Å²) in [4.78, 5) is 22.2. The predicted molar refractivity (Wildman–Crippen MR) is 61.0 cm³/mol. The van der Waals surface area contributed by atoms with Gasteiger partial charge >= 0.3 is 0 Å². The van der Waals surface area contributed by atoms with Gasteiger partial charge in [-0.1, -0.05) is 6.92 Å². The summed E-state index contributed by atoms with van der Waals surface area (Å²) >= 11 is 0. The molecule has 4 nitrogen and oxygen atoms in total. The second-order valence-corrected chi connectivity index (χ2v) is 4.15. The molecule has 16 heavy (non-hydrogen) atoms. The third-order valence-corrected chi connectivity index (χ3v) is 3.14. The minimum atomic E-state index is 0.0275. The number of carbonyl (C=O) groups is 1. The molecule has 1 aliphatic heterocycles. The van der Waals surface area contributed by atoms with Gasteiger partial charge in [-0.2, -0.15) is 0 Å². The molecule has 1 aromatic heterocycles. The number of carbonyl (C=O) groups excluding carboxylic acids is 1. The van der Waals surface area contributed by atoms with Gasteiger partial charge in [-0.25, -0.2) is 4.98 Å². The van der Waals surface area contributed by atoms with E-state index in [1.807, 2.05) is 4.90 Å². The average molecular weight is 219 g/mol. The molecule has 1 amide bonds. The largest absolute Gasteiger partial charge is 0.334 e. The van der Waals surface area contributed by atoms with Crippen molar-refractivity contribution in [3.05, 3.63) is 24.3 Å². The Morgan fingerprint density at radius 1 is 1.50 bits per heavy atom. The lowest BCUT2D eigenvalue weighted by atomic mass is 10.00. The van der Waals surface area contributed by atoms with E-state index < -0.39 is 0 Å². The molecule has 0 aliphatic carbocycles. The normalized spacial score (nSPS) is 20.8. The van der Waals surface area contributed by atoms with E-state index in [1.54, 1.807) is 18.6 Å². The molecule has 4 heteroatoms. The molecule has 1 aliphatic rings. The van der Waals surface area contributed by atoms with E-state index in [0.29, 0.717) is 11.7 Å². The molecule has 0 aromatic carbocycles. The summed E-state index contributed by atoms with van der Waals surface area (Å²) < 4.78 is 0. The highest BCUT2D eigenvalue weighted by molar-refractivity contribution is 5.92. The Morgan fingerprint density at radius 3 is 3.06 bits per heavy atom. The van der Waals surface area contributed by atoms with E-state index in [2.05, 4.69) is 16.9 Å². The molecule has 0 radical (unpaired) electrons. The van der Waals surface area contributed by atoms with E-state index in [9.17, 15) is 4.79 Å². The fraction of sp³-hybridized carbons (Fsp3) is 0.583. The molecule has 86 valence electrons. The van der Waals surface area contributed by atoms with Gasteiger partial charge in [0, 0.05) is 25.0 Å². The Labute approximate surface area is 95.7 Å². The van der Waals surface area contributed by atoms with Gasteiger partial charge in [0.05, 0.1) is 6.20 Å². The lowest BCUT2D eigenvalue weighted by Gasteiger charge is -2.34. The zero-order valence-electron chi connectivity index (χ0n) is 9.59. The van der Waals surface area contributed by atoms with Gasteiger partial charge in [-0.3, -0.25) is 9.78 Å². The van der Waals surface area contributed by atoms with Crippen molar-refractivity contribution in [2.24, 2.45) is 0 Å². The molecule has 0 N–H and O–H groups in total. The second kappa shape index (κ2) is 5.05. The molecule has 2 rings (SSSR count). The highest BCUT2D eigenvalue weighted by Crippen LogP contribution is 2.20. The molecule has 1 atom stereocenters. The highest BCUT2D eigenvalue weighted by Gasteiger charge is 2.26. The van der Waals surface area contributed by atoms with Crippen LogP contribution in [-0.4, -0.2) is 33.4 Å². The monoisotopic (exact) mass is 219 g/mol. The standard InChI is InChI=1S/C12H17N3O/c1-2-10-5-3-4-8-15(10)12(16)11-9-13-6-7-14-11/h6-7,9-10H,2-5,8H2,1H3/t10-/m1/s1. The summed E-state index contributed by atoms with van der Waals surface area (Å²) in [6.07, 6.45) is 9.16. The number of hydrogen-bond donors (Lipinski definition) is 0. The topological polar surface area (TPSA) is 46.1 Å². The number of aromatic nitrogens is 2. The highest BCUT2D eigenvalue weighted by atomic mass is 16.2. The second-order valence-electron chi connectivity index (χ2n) is 4.15. The summed E-state index contributed by atoms with van der Waals surface area (Å²) in [6.45, 7) is 2.99. The van der Waals surface area contributed by atoms with E-state index in [1.165, 1.54) is 6.42 Å². The fourth-order valence-electron chi connectivity index (χ4n) is 2.25. The molecule has 0 bridgehead atoms. The third kappa shape index (κ3) is 2.21. The van der Waals surface area contributed by atoms with Crippen LogP contribution in [0.3, 0.4) is 0 Å². The van der Waals surface area contributed by atoms with Gasteiger partial charge < -0.3 is 4.90 Å².